The van der Waals surface area contributed by atoms with Crippen molar-refractivity contribution in [1.82, 2.24) is 5.32 Å². The summed E-state index contributed by atoms with van der Waals surface area (Å²) in [7, 11) is 0. The number of anilines is 1. The van der Waals surface area contributed by atoms with Crippen molar-refractivity contribution in [2.75, 3.05) is 5.32 Å². The maximum absolute atomic E-state index is 11.4. The number of rotatable bonds is 3. The number of hydrogen-bond acceptors (Lipinski definition) is 4. The summed E-state index contributed by atoms with van der Waals surface area (Å²) < 4.78 is 5.12. The number of carbonyl (C=O) groups excluding carboxylic acids is 1. The summed E-state index contributed by atoms with van der Waals surface area (Å²) in [5, 5.41) is 13.7. The molecule has 0 fully saturated rings. The Morgan fingerprint density at radius 1 is 1.44 bits per heavy atom. The molecule has 2 N–H and O–H groups in total. The highest BCUT2D eigenvalue weighted by molar-refractivity contribution is 5.67. The number of nitrogens with zero attached hydrogens (tertiary/aromatic N) is 1. The molecule has 0 atom stereocenters. The molecule has 0 saturated carbocycles. The fraction of sp³-hybridized carbons (Fsp3) is 0.385. The minimum atomic E-state index is -0.506. The number of alkyl carbamates (subject to hydrolysis) is 1. The summed E-state index contributed by atoms with van der Waals surface area (Å²) in [5.41, 5.74) is 1.08. The Morgan fingerprint density at radius 3 is 2.78 bits per heavy atom. The average molecular weight is 247 g/mol. The Hall–Kier alpha value is -2.22. The highest BCUT2D eigenvalue weighted by Gasteiger charge is 2.15. The summed E-state index contributed by atoms with van der Waals surface area (Å²) in [6.07, 6.45) is 1.39. The zero-order valence-electron chi connectivity index (χ0n) is 10.8. The van der Waals surface area contributed by atoms with Crippen LogP contribution in [0.15, 0.2) is 24.3 Å². The highest BCUT2D eigenvalue weighted by Crippen LogP contribution is 2.10. The van der Waals surface area contributed by atoms with Gasteiger partial charge in [0.1, 0.15) is 5.60 Å². The van der Waals surface area contributed by atoms with Gasteiger partial charge in [0.15, 0.2) is 6.19 Å². The molecule has 1 aromatic rings. The van der Waals surface area contributed by atoms with Crippen LogP contribution in [0.4, 0.5) is 10.5 Å². The van der Waals surface area contributed by atoms with Crippen LogP contribution in [0.3, 0.4) is 0 Å². The molecular formula is C13H17N3O2. The summed E-state index contributed by atoms with van der Waals surface area (Å²) in [6.45, 7) is 5.79. The largest absolute Gasteiger partial charge is 0.444 e. The summed E-state index contributed by atoms with van der Waals surface area (Å²) >= 11 is 0. The molecule has 0 bridgehead atoms. The van der Waals surface area contributed by atoms with Gasteiger partial charge < -0.3 is 10.1 Å². The molecule has 0 heterocycles. The molecular weight excluding hydrogens is 230 g/mol. The van der Waals surface area contributed by atoms with E-state index in [2.05, 4.69) is 10.6 Å². The first-order chi connectivity index (χ1) is 8.40. The van der Waals surface area contributed by atoms with Crippen molar-refractivity contribution >= 4 is 11.8 Å². The summed E-state index contributed by atoms with van der Waals surface area (Å²) in [6, 6.07) is 7.24. The molecule has 0 unspecified atom stereocenters. The normalized spacial score (nSPS) is 10.3. The second-order valence-electron chi connectivity index (χ2n) is 4.79. The van der Waals surface area contributed by atoms with Crippen LogP contribution in [-0.4, -0.2) is 11.7 Å². The Bertz CT molecular complexity index is 458. The molecule has 0 aliphatic carbocycles. The molecule has 0 saturated heterocycles. The third-order valence-electron chi connectivity index (χ3n) is 1.96. The first kappa shape index (κ1) is 13.8. The monoisotopic (exact) mass is 247 g/mol. The highest BCUT2D eigenvalue weighted by atomic mass is 16.6. The van der Waals surface area contributed by atoms with Gasteiger partial charge in [-0.1, -0.05) is 12.1 Å². The number of amides is 1. The Labute approximate surface area is 107 Å². The van der Waals surface area contributed by atoms with Crippen LogP contribution in [0, 0.1) is 11.5 Å². The first-order valence-corrected chi connectivity index (χ1v) is 5.61. The van der Waals surface area contributed by atoms with Crippen LogP contribution in [0.25, 0.3) is 0 Å². The zero-order valence-corrected chi connectivity index (χ0v) is 10.8. The van der Waals surface area contributed by atoms with E-state index < -0.39 is 11.7 Å². The second-order valence-corrected chi connectivity index (χ2v) is 4.79. The number of ether oxygens (including phenoxy) is 1. The predicted molar refractivity (Wildman–Crippen MR) is 68.8 cm³/mol. The lowest BCUT2D eigenvalue weighted by molar-refractivity contribution is 0.0523. The Kier molecular flexibility index (Phi) is 4.55. The first-order valence-electron chi connectivity index (χ1n) is 5.61. The van der Waals surface area contributed by atoms with Crippen molar-refractivity contribution in [3.63, 3.8) is 0 Å². The van der Waals surface area contributed by atoms with Gasteiger partial charge in [0.05, 0.1) is 0 Å². The van der Waals surface area contributed by atoms with Crippen molar-refractivity contribution in [1.29, 1.82) is 5.26 Å². The fourth-order valence-electron chi connectivity index (χ4n) is 1.31. The molecule has 1 amide bonds. The van der Waals surface area contributed by atoms with Gasteiger partial charge in [-0.05, 0) is 38.5 Å². The maximum Gasteiger partial charge on any atom is 0.407 e. The number of carbonyl (C=O) groups is 1. The number of nitrogens with one attached hydrogen (secondary N) is 2. The molecule has 1 rings (SSSR count). The van der Waals surface area contributed by atoms with Crippen molar-refractivity contribution in [2.24, 2.45) is 0 Å². The molecule has 0 radical (unpaired) electrons. The molecule has 5 heteroatoms. The molecule has 96 valence electrons. The van der Waals surface area contributed by atoms with Crippen LogP contribution < -0.4 is 10.6 Å². The number of benzene rings is 1. The van der Waals surface area contributed by atoms with E-state index in [-0.39, 0.29) is 0 Å². The molecule has 18 heavy (non-hydrogen) atoms. The van der Waals surface area contributed by atoms with Gasteiger partial charge in [0.25, 0.3) is 0 Å². The predicted octanol–water partition coefficient (Wildman–Crippen LogP) is 2.60. The topological polar surface area (TPSA) is 74.2 Å². The molecule has 0 aromatic heterocycles. The standard InChI is InChI=1S/C13H17N3O2/c1-13(2,3)18-12(17)15-8-10-5-4-6-11(7-10)16-9-14/h4-7,16H,8H2,1-3H3,(H,15,17). The molecule has 1 aromatic carbocycles. The molecule has 0 aliphatic heterocycles. The minimum Gasteiger partial charge on any atom is -0.444 e. The Morgan fingerprint density at radius 2 is 2.17 bits per heavy atom. The van der Waals surface area contributed by atoms with Gasteiger partial charge in [-0.3, -0.25) is 5.32 Å². The van der Waals surface area contributed by atoms with Gasteiger partial charge in [0.2, 0.25) is 0 Å². The van der Waals surface area contributed by atoms with Crippen molar-refractivity contribution in [3.05, 3.63) is 29.8 Å². The van der Waals surface area contributed by atoms with E-state index >= 15 is 0 Å². The quantitative estimate of drug-likeness (QED) is 0.636. The van der Waals surface area contributed by atoms with Crippen LogP contribution in [-0.2, 0) is 11.3 Å². The van der Waals surface area contributed by atoms with Crippen LogP contribution in [0.2, 0.25) is 0 Å². The van der Waals surface area contributed by atoms with E-state index in [9.17, 15) is 4.79 Å². The third kappa shape index (κ3) is 5.21. The summed E-state index contributed by atoms with van der Waals surface area (Å²) in [4.78, 5) is 11.4. The smallest absolute Gasteiger partial charge is 0.407 e. The van der Waals surface area contributed by atoms with Crippen molar-refractivity contribution in [3.8, 4) is 6.19 Å². The van der Waals surface area contributed by atoms with Crippen LogP contribution >= 0.6 is 0 Å². The number of hydrogen-bond donors (Lipinski definition) is 2. The Balaban J connectivity index is 2.51. The maximum atomic E-state index is 11.4. The lowest BCUT2D eigenvalue weighted by Gasteiger charge is -2.19. The van der Waals surface area contributed by atoms with E-state index in [1.54, 1.807) is 12.1 Å². The van der Waals surface area contributed by atoms with Gasteiger partial charge in [-0.2, -0.15) is 5.26 Å². The van der Waals surface area contributed by atoms with Crippen LogP contribution in [0.5, 0.6) is 0 Å². The van der Waals surface area contributed by atoms with Gasteiger partial charge in [0, 0.05) is 12.2 Å². The van der Waals surface area contributed by atoms with E-state index in [0.717, 1.165) is 5.56 Å². The molecule has 5 nitrogen and oxygen atoms in total. The summed E-state index contributed by atoms with van der Waals surface area (Å²) in [5.74, 6) is 0. The zero-order chi connectivity index (χ0) is 13.6. The molecule has 0 spiro atoms. The van der Waals surface area contributed by atoms with E-state index in [4.69, 9.17) is 10.00 Å². The van der Waals surface area contributed by atoms with E-state index in [0.29, 0.717) is 12.2 Å². The fourth-order valence-corrected chi connectivity index (χ4v) is 1.31. The number of nitriles is 1. The van der Waals surface area contributed by atoms with E-state index in [1.165, 1.54) is 0 Å². The average Bonchev–Trinajstić information content (AvgIpc) is 2.25. The lowest BCUT2D eigenvalue weighted by atomic mass is 10.2. The third-order valence-corrected chi connectivity index (χ3v) is 1.96. The second kappa shape index (κ2) is 5.92. The minimum absolute atomic E-state index is 0.357. The van der Waals surface area contributed by atoms with Crippen LogP contribution in [0.1, 0.15) is 26.3 Å². The van der Waals surface area contributed by atoms with E-state index in [1.807, 2.05) is 39.1 Å². The van der Waals surface area contributed by atoms with Crippen molar-refractivity contribution < 1.29 is 9.53 Å². The van der Waals surface area contributed by atoms with Crippen molar-refractivity contribution in [2.45, 2.75) is 32.9 Å². The molecule has 0 aliphatic rings. The van der Waals surface area contributed by atoms with Gasteiger partial charge in [-0.25, -0.2) is 4.79 Å². The van der Waals surface area contributed by atoms with Gasteiger partial charge in [-0.15, -0.1) is 0 Å². The lowest BCUT2D eigenvalue weighted by Crippen LogP contribution is -2.32. The van der Waals surface area contributed by atoms with Gasteiger partial charge >= 0.3 is 6.09 Å². The SMILES string of the molecule is CC(C)(C)OC(=O)NCc1cccc(NC#N)c1.